The number of nitrogens with one attached hydrogen (secondary N) is 1. The Morgan fingerprint density at radius 3 is 2.67 bits per heavy atom. The van der Waals surface area contributed by atoms with Crippen molar-refractivity contribution in [1.29, 1.82) is 0 Å². The number of nitrogens with zero attached hydrogens (tertiary/aromatic N) is 3. The molecule has 1 fully saturated rings. The summed E-state index contributed by atoms with van der Waals surface area (Å²) in [6.07, 6.45) is 4.54. The standard InChI is InChI=1S/C16H28N4O/c1-5-17-10-14-15(11-18-16(19-14)12(2)3)20-8-6-13(21-4)7-9-20/h11-13,17H,5-10H2,1-4H3. The van der Waals surface area contributed by atoms with Crippen LogP contribution >= 0.6 is 0 Å². The van der Waals surface area contributed by atoms with Gasteiger partial charge in [-0.3, -0.25) is 0 Å². The SMILES string of the molecule is CCNCc1nc(C(C)C)ncc1N1CCC(OC)CC1. The Morgan fingerprint density at radius 1 is 1.38 bits per heavy atom. The van der Waals surface area contributed by atoms with Gasteiger partial charge in [-0.2, -0.15) is 0 Å². The summed E-state index contributed by atoms with van der Waals surface area (Å²) >= 11 is 0. The van der Waals surface area contributed by atoms with Crippen LogP contribution in [0, 0.1) is 0 Å². The minimum absolute atomic E-state index is 0.360. The highest BCUT2D eigenvalue weighted by Gasteiger charge is 2.22. The molecule has 1 aromatic heterocycles. The zero-order valence-electron chi connectivity index (χ0n) is 13.7. The number of hydrogen-bond acceptors (Lipinski definition) is 5. The van der Waals surface area contributed by atoms with E-state index >= 15 is 0 Å². The van der Waals surface area contributed by atoms with Gasteiger partial charge in [0.05, 0.1) is 23.7 Å². The Bertz CT molecular complexity index is 442. The summed E-state index contributed by atoms with van der Waals surface area (Å²) in [4.78, 5) is 11.7. The Hall–Kier alpha value is -1.20. The van der Waals surface area contributed by atoms with Crippen LogP contribution in [0.25, 0.3) is 0 Å². The first-order valence-corrected chi connectivity index (χ1v) is 8.00. The van der Waals surface area contributed by atoms with Crippen LogP contribution in [-0.4, -0.2) is 42.8 Å². The third-order valence-corrected chi connectivity index (χ3v) is 4.04. The Labute approximate surface area is 128 Å². The highest BCUT2D eigenvalue weighted by molar-refractivity contribution is 5.49. The maximum Gasteiger partial charge on any atom is 0.131 e. The fourth-order valence-corrected chi connectivity index (χ4v) is 2.67. The molecule has 1 aliphatic rings. The van der Waals surface area contributed by atoms with Crippen molar-refractivity contribution < 1.29 is 4.74 Å². The molecular weight excluding hydrogens is 264 g/mol. The second-order valence-corrected chi connectivity index (χ2v) is 5.92. The monoisotopic (exact) mass is 292 g/mol. The predicted molar refractivity (Wildman–Crippen MR) is 85.7 cm³/mol. The lowest BCUT2D eigenvalue weighted by molar-refractivity contribution is 0.0818. The smallest absolute Gasteiger partial charge is 0.131 e. The number of methoxy groups -OCH3 is 1. The summed E-state index contributed by atoms with van der Waals surface area (Å²) in [7, 11) is 1.80. The summed E-state index contributed by atoms with van der Waals surface area (Å²) < 4.78 is 5.45. The van der Waals surface area contributed by atoms with Crippen LogP contribution in [0.5, 0.6) is 0 Å². The van der Waals surface area contributed by atoms with Crippen LogP contribution < -0.4 is 10.2 Å². The molecule has 5 nitrogen and oxygen atoms in total. The molecule has 0 aliphatic carbocycles. The van der Waals surface area contributed by atoms with Crippen molar-refractivity contribution in [2.75, 3.05) is 31.6 Å². The molecule has 1 aliphatic heterocycles. The molecule has 0 atom stereocenters. The van der Waals surface area contributed by atoms with Gasteiger partial charge in [-0.15, -0.1) is 0 Å². The van der Waals surface area contributed by atoms with Gasteiger partial charge in [0.15, 0.2) is 0 Å². The van der Waals surface area contributed by atoms with Crippen LogP contribution in [0.1, 0.15) is 51.0 Å². The highest BCUT2D eigenvalue weighted by atomic mass is 16.5. The van der Waals surface area contributed by atoms with Crippen LogP contribution in [-0.2, 0) is 11.3 Å². The van der Waals surface area contributed by atoms with Gasteiger partial charge in [0.2, 0.25) is 0 Å². The molecule has 1 aromatic rings. The molecule has 2 rings (SSSR count). The zero-order valence-corrected chi connectivity index (χ0v) is 13.7. The molecule has 0 unspecified atom stereocenters. The summed E-state index contributed by atoms with van der Waals surface area (Å²) in [5.41, 5.74) is 2.29. The second-order valence-electron chi connectivity index (χ2n) is 5.92. The van der Waals surface area contributed by atoms with Crippen LogP contribution in [0.15, 0.2) is 6.20 Å². The second kappa shape index (κ2) is 7.71. The van der Waals surface area contributed by atoms with Gasteiger partial charge >= 0.3 is 0 Å². The Balaban J connectivity index is 2.17. The molecule has 118 valence electrons. The first kappa shape index (κ1) is 16.2. The highest BCUT2D eigenvalue weighted by Crippen LogP contribution is 2.24. The van der Waals surface area contributed by atoms with E-state index in [-0.39, 0.29) is 0 Å². The van der Waals surface area contributed by atoms with E-state index in [9.17, 15) is 0 Å². The van der Waals surface area contributed by atoms with E-state index in [0.29, 0.717) is 12.0 Å². The van der Waals surface area contributed by atoms with E-state index in [4.69, 9.17) is 9.72 Å². The fraction of sp³-hybridized carbons (Fsp3) is 0.750. The average molecular weight is 292 g/mol. The van der Waals surface area contributed by atoms with Crippen molar-refractivity contribution >= 4 is 5.69 Å². The zero-order chi connectivity index (χ0) is 15.2. The lowest BCUT2D eigenvalue weighted by Crippen LogP contribution is -2.37. The summed E-state index contributed by atoms with van der Waals surface area (Å²) in [6, 6.07) is 0. The number of piperidine rings is 1. The molecule has 0 aromatic carbocycles. The van der Waals surface area contributed by atoms with E-state index in [1.165, 1.54) is 5.69 Å². The average Bonchev–Trinajstić information content (AvgIpc) is 2.52. The van der Waals surface area contributed by atoms with Crippen molar-refractivity contribution in [3.8, 4) is 0 Å². The molecular formula is C16H28N4O. The van der Waals surface area contributed by atoms with Gasteiger partial charge in [0.25, 0.3) is 0 Å². The first-order chi connectivity index (χ1) is 10.2. The largest absolute Gasteiger partial charge is 0.381 e. The predicted octanol–water partition coefficient (Wildman–Crippen LogP) is 2.32. The molecule has 0 radical (unpaired) electrons. The number of hydrogen-bond donors (Lipinski definition) is 1. The summed E-state index contributed by atoms with van der Waals surface area (Å²) in [6.45, 7) is 10.2. The topological polar surface area (TPSA) is 50.3 Å². The van der Waals surface area contributed by atoms with E-state index in [1.807, 2.05) is 6.20 Å². The fourth-order valence-electron chi connectivity index (χ4n) is 2.67. The third-order valence-electron chi connectivity index (χ3n) is 4.04. The minimum atomic E-state index is 0.360. The number of rotatable bonds is 6. The van der Waals surface area contributed by atoms with Gasteiger partial charge in [-0.25, -0.2) is 9.97 Å². The van der Waals surface area contributed by atoms with Crippen molar-refractivity contribution in [2.24, 2.45) is 0 Å². The molecule has 1 saturated heterocycles. The minimum Gasteiger partial charge on any atom is -0.381 e. The maximum atomic E-state index is 5.45. The molecule has 0 spiro atoms. The van der Waals surface area contributed by atoms with E-state index < -0.39 is 0 Å². The lowest BCUT2D eigenvalue weighted by atomic mass is 10.1. The quantitative estimate of drug-likeness (QED) is 0.872. The van der Waals surface area contributed by atoms with Gasteiger partial charge < -0.3 is 15.0 Å². The third kappa shape index (κ3) is 4.14. The molecule has 0 bridgehead atoms. The van der Waals surface area contributed by atoms with Crippen molar-refractivity contribution in [3.63, 3.8) is 0 Å². The van der Waals surface area contributed by atoms with Gasteiger partial charge in [0.1, 0.15) is 5.82 Å². The van der Waals surface area contributed by atoms with E-state index in [0.717, 1.165) is 50.5 Å². The molecule has 0 amide bonds. The van der Waals surface area contributed by atoms with Gasteiger partial charge in [0, 0.05) is 32.7 Å². The maximum absolute atomic E-state index is 5.45. The van der Waals surface area contributed by atoms with Crippen molar-refractivity contribution in [3.05, 3.63) is 17.7 Å². The normalized spacial score (nSPS) is 16.7. The van der Waals surface area contributed by atoms with Crippen LogP contribution in [0.2, 0.25) is 0 Å². The Morgan fingerprint density at radius 2 is 2.10 bits per heavy atom. The lowest BCUT2D eigenvalue weighted by Gasteiger charge is -2.33. The molecule has 0 saturated carbocycles. The number of aromatic nitrogens is 2. The molecule has 2 heterocycles. The molecule has 1 N–H and O–H groups in total. The summed E-state index contributed by atoms with van der Waals surface area (Å²) in [5, 5.41) is 3.39. The first-order valence-electron chi connectivity index (χ1n) is 8.00. The van der Waals surface area contributed by atoms with Crippen LogP contribution in [0.3, 0.4) is 0 Å². The Kier molecular flexibility index (Phi) is 5.94. The van der Waals surface area contributed by atoms with E-state index in [2.05, 4.69) is 36.0 Å². The van der Waals surface area contributed by atoms with E-state index in [1.54, 1.807) is 7.11 Å². The van der Waals surface area contributed by atoms with Gasteiger partial charge in [-0.1, -0.05) is 20.8 Å². The van der Waals surface area contributed by atoms with Crippen molar-refractivity contribution in [2.45, 2.75) is 52.2 Å². The van der Waals surface area contributed by atoms with Crippen LogP contribution in [0.4, 0.5) is 5.69 Å². The molecule has 21 heavy (non-hydrogen) atoms. The summed E-state index contributed by atoms with van der Waals surface area (Å²) in [5.74, 6) is 1.29. The molecule has 5 heteroatoms. The van der Waals surface area contributed by atoms with Gasteiger partial charge in [-0.05, 0) is 19.4 Å². The number of ether oxygens (including phenoxy) is 1. The van der Waals surface area contributed by atoms with Crippen molar-refractivity contribution in [1.82, 2.24) is 15.3 Å². The number of anilines is 1.